The van der Waals surface area contributed by atoms with Crippen LogP contribution in [0.1, 0.15) is 11.1 Å². The summed E-state index contributed by atoms with van der Waals surface area (Å²) in [5, 5.41) is 10.7. The number of nitro benzene ring substituents is 1. The van der Waals surface area contributed by atoms with Gasteiger partial charge in [0.15, 0.2) is 0 Å². The van der Waals surface area contributed by atoms with E-state index in [1.165, 1.54) is 12.1 Å². The SMILES string of the molecule is Cc1cc(C=CC(N)=O)cc([N+](=O)[O-])c1N. The van der Waals surface area contributed by atoms with Crippen LogP contribution in [0.3, 0.4) is 0 Å². The van der Waals surface area contributed by atoms with Crippen LogP contribution in [0.15, 0.2) is 18.2 Å². The number of nitrogens with two attached hydrogens (primary N) is 2. The highest BCUT2D eigenvalue weighted by atomic mass is 16.6. The lowest BCUT2D eigenvalue weighted by molar-refractivity contribution is -0.383. The number of hydrogen-bond acceptors (Lipinski definition) is 4. The molecule has 0 spiro atoms. The smallest absolute Gasteiger partial charge is 0.292 e. The number of nitrogen functional groups attached to an aromatic ring is 1. The van der Waals surface area contributed by atoms with E-state index in [2.05, 4.69) is 0 Å². The van der Waals surface area contributed by atoms with E-state index >= 15 is 0 Å². The first-order chi connectivity index (χ1) is 7.41. The molecule has 1 aromatic carbocycles. The van der Waals surface area contributed by atoms with E-state index in [0.717, 1.165) is 6.08 Å². The highest BCUT2D eigenvalue weighted by molar-refractivity contribution is 5.90. The first kappa shape index (κ1) is 11.7. The van der Waals surface area contributed by atoms with E-state index in [1.807, 2.05) is 0 Å². The summed E-state index contributed by atoms with van der Waals surface area (Å²) in [6.45, 7) is 1.66. The molecule has 6 heteroatoms. The number of hydrogen-bond donors (Lipinski definition) is 2. The first-order valence-corrected chi connectivity index (χ1v) is 4.44. The first-order valence-electron chi connectivity index (χ1n) is 4.44. The van der Waals surface area contributed by atoms with E-state index in [4.69, 9.17) is 11.5 Å². The second kappa shape index (κ2) is 4.43. The van der Waals surface area contributed by atoms with E-state index in [-0.39, 0.29) is 11.4 Å². The Labute approximate surface area is 91.7 Å². The summed E-state index contributed by atoms with van der Waals surface area (Å²) < 4.78 is 0. The number of anilines is 1. The minimum atomic E-state index is -0.614. The van der Waals surface area contributed by atoms with E-state index in [0.29, 0.717) is 11.1 Å². The van der Waals surface area contributed by atoms with Gasteiger partial charge in [-0.25, -0.2) is 0 Å². The number of carbonyl (C=O) groups excluding carboxylic acids is 1. The molecular formula is C10H11N3O3. The number of rotatable bonds is 3. The van der Waals surface area contributed by atoms with Crippen LogP contribution in [0.2, 0.25) is 0 Å². The minimum absolute atomic E-state index is 0.126. The van der Waals surface area contributed by atoms with Crippen LogP contribution < -0.4 is 11.5 Å². The Balaban J connectivity index is 3.24. The molecule has 16 heavy (non-hydrogen) atoms. The van der Waals surface area contributed by atoms with Gasteiger partial charge in [-0.3, -0.25) is 14.9 Å². The molecule has 0 fully saturated rings. The summed E-state index contributed by atoms with van der Waals surface area (Å²) in [6.07, 6.45) is 2.54. The molecule has 0 atom stereocenters. The number of amides is 1. The van der Waals surface area contributed by atoms with Crippen molar-refractivity contribution in [1.29, 1.82) is 0 Å². The third-order valence-electron chi connectivity index (χ3n) is 2.02. The quantitative estimate of drug-likeness (QED) is 0.343. The van der Waals surface area contributed by atoms with Gasteiger partial charge in [-0.2, -0.15) is 0 Å². The maximum Gasteiger partial charge on any atom is 0.292 e. The molecule has 0 unspecified atom stereocenters. The second-order valence-corrected chi connectivity index (χ2v) is 3.26. The molecule has 0 bridgehead atoms. The number of nitrogens with zero attached hydrogens (tertiary/aromatic N) is 1. The molecule has 0 saturated heterocycles. The maximum absolute atomic E-state index is 10.7. The Morgan fingerprint density at radius 3 is 2.62 bits per heavy atom. The van der Waals surface area contributed by atoms with Gasteiger partial charge in [0, 0.05) is 12.1 Å². The van der Waals surface area contributed by atoms with Crippen LogP contribution in [-0.4, -0.2) is 10.8 Å². The predicted octanol–water partition coefficient (Wildman–Crippen LogP) is 0.984. The molecule has 1 amide bonds. The zero-order valence-corrected chi connectivity index (χ0v) is 8.64. The average molecular weight is 221 g/mol. The molecule has 6 nitrogen and oxygen atoms in total. The van der Waals surface area contributed by atoms with E-state index in [9.17, 15) is 14.9 Å². The molecule has 0 aliphatic heterocycles. The fraction of sp³-hybridized carbons (Fsp3) is 0.100. The number of benzene rings is 1. The summed E-state index contributed by atoms with van der Waals surface area (Å²) in [5.74, 6) is -0.614. The van der Waals surface area contributed by atoms with Crippen molar-refractivity contribution in [2.24, 2.45) is 5.73 Å². The van der Waals surface area contributed by atoms with Crippen molar-refractivity contribution in [2.45, 2.75) is 6.92 Å². The molecule has 84 valence electrons. The highest BCUT2D eigenvalue weighted by Gasteiger charge is 2.13. The Kier molecular flexibility index (Phi) is 3.24. The van der Waals surface area contributed by atoms with Crippen molar-refractivity contribution in [3.63, 3.8) is 0 Å². The minimum Gasteiger partial charge on any atom is -0.393 e. The van der Waals surface area contributed by atoms with Gasteiger partial charge < -0.3 is 11.5 Å². The van der Waals surface area contributed by atoms with Crippen molar-refractivity contribution in [1.82, 2.24) is 0 Å². The highest BCUT2D eigenvalue weighted by Crippen LogP contribution is 2.27. The summed E-state index contributed by atoms with van der Waals surface area (Å²) in [5.41, 5.74) is 11.5. The summed E-state index contributed by atoms with van der Waals surface area (Å²) in [7, 11) is 0. The van der Waals surface area contributed by atoms with Gasteiger partial charge in [0.05, 0.1) is 4.92 Å². The number of aryl methyl sites for hydroxylation is 1. The van der Waals surface area contributed by atoms with Gasteiger partial charge in [-0.05, 0) is 30.2 Å². The zero-order chi connectivity index (χ0) is 12.3. The van der Waals surface area contributed by atoms with E-state index in [1.54, 1.807) is 13.0 Å². The monoisotopic (exact) mass is 221 g/mol. The molecule has 0 saturated carbocycles. The summed E-state index contributed by atoms with van der Waals surface area (Å²) in [4.78, 5) is 20.6. The maximum atomic E-state index is 10.7. The molecule has 0 aromatic heterocycles. The lowest BCUT2D eigenvalue weighted by Gasteiger charge is -2.03. The van der Waals surface area contributed by atoms with Crippen LogP contribution in [0, 0.1) is 17.0 Å². The van der Waals surface area contributed by atoms with Crippen molar-refractivity contribution >= 4 is 23.4 Å². The van der Waals surface area contributed by atoms with Crippen LogP contribution in [-0.2, 0) is 4.79 Å². The van der Waals surface area contributed by atoms with Crippen LogP contribution in [0.25, 0.3) is 6.08 Å². The largest absolute Gasteiger partial charge is 0.393 e. The molecule has 1 aromatic rings. The lowest BCUT2D eigenvalue weighted by Crippen LogP contribution is -2.05. The van der Waals surface area contributed by atoms with Gasteiger partial charge in [0.25, 0.3) is 5.69 Å². The van der Waals surface area contributed by atoms with Crippen LogP contribution >= 0.6 is 0 Å². The number of carbonyl (C=O) groups is 1. The third-order valence-corrected chi connectivity index (χ3v) is 2.02. The standard InChI is InChI=1S/C10H11N3O3/c1-6-4-7(2-3-9(11)14)5-8(10(6)12)13(15)16/h2-5H,12H2,1H3,(H2,11,14). The van der Waals surface area contributed by atoms with Gasteiger partial charge >= 0.3 is 0 Å². The van der Waals surface area contributed by atoms with Gasteiger partial charge in [-0.15, -0.1) is 0 Å². The van der Waals surface area contributed by atoms with Crippen molar-refractivity contribution in [3.8, 4) is 0 Å². The summed E-state index contributed by atoms with van der Waals surface area (Å²) in [6, 6.07) is 2.93. The average Bonchev–Trinajstić information content (AvgIpc) is 2.19. The van der Waals surface area contributed by atoms with E-state index < -0.39 is 10.8 Å². The van der Waals surface area contributed by atoms with Gasteiger partial charge in [-0.1, -0.05) is 0 Å². The molecule has 4 N–H and O–H groups in total. The van der Waals surface area contributed by atoms with Crippen LogP contribution in [0.5, 0.6) is 0 Å². The lowest BCUT2D eigenvalue weighted by atomic mass is 10.1. The molecule has 1 rings (SSSR count). The summed E-state index contributed by atoms with van der Waals surface area (Å²) >= 11 is 0. The van der Waals surface area contributed by atoms with Gasteiger partial charge in [0.1, 0.15) is 5.69 Å². The Hall–Kier alpha value is -2.37. The Morgan fingerprint density at radius 2 is 2.12 bits per heavy atom. The fourth-order valence-corrected chi connectivity index (χ4v) is 1.23. The van der Waals surface area contributed by atoms with Crippen molar-refractivity contribution < 1.29 is 9.72 Å². The van der Waals surface area contributed by atoms with Crippen molar-refractivity contribution in [2.75, 3.05) is 5.73 Å². The molecular weight excluding hydrogens is 210 g/mol. The topological polar surface area (TPSA) is 112 Å². The number of primary amides is 1. The normalized spacial score (nSPS) is 10.6. The molecule has 0 heterocycles. The third kappa shape index (κ3) is 2.57. The van der Waals surface area contributed by atoms with Crippen LogP contribution in [0.4, 0.5) is 11.4 Å². The number of nitro groups is 1. The fourth-order valence-electron chi connectivity index (χ4n) is 1.23. The second-order valence-electron chi connectivity index (χ2n) is 3.26. The van der Waals surface area contributed by atoms with Gasteiger partial charge in [0.2, 0.25) is 5.91 Å². The Morgan fingerprint density at radius 1 is 1.50 bits per heavy atom. The van der Waals surface area contributed by atoms with Crippen molar-refractivity contribution in [3.05, 3.63) is 39.4 Å². The zero-order valence-electron chi connectivity index (χ0n) is 8.64. The molecule has 0 aliphatic carbocycles. The molecule has 0 aliphatic rings. The predicted molar refractivity (Wildman–Crippen MR) is 60.5 cm³/mol. The Bertz CT molecular complexity index is 480. The molecule has 0 radical (unpaired) electrons.